The van der Waals surface area contributed by atoms with E-state index < -0.39 is 0 Å². The molecule has 0 bridgehead atoms. The Balaban J connectivity index is 0.00000208. The quantitative estimate of drug-likeness (QED) is 0.838. The maximum atomic E-state index is 12.7. The molecule has 1 unspecified atom stereocenters. The summed E-state index contributed by atoms with van der Waals surface area (Å²) in [6.07, 6.45) is 5.72. The van der Waals surface area contributed by atoms with Crippen molar-refractivity contribution in [2.24, 2.45) is 5.92 Å². The highest BCUT2D eigenvalue weighted by molar-refractivity contribution is 9.10. The Kier molecular flexibility index (Phi) is 6.83. The van der Waals surface area contributed by atoms with Gasteiger partial charge >= 0.3 is 0 Å². The van der Waals surface area contributed by atoms with Crippen molar-refractivity contribution in [3.63, 3.8) is 0 Å². The van der Waals surface area contributed by atoms with Gasteiger partial charge in [-0.05, 0) is 56.6 Å². The summed E-state index contributed by atoms with van der Waals surface area (Å²) < 4.78 is 2.77. The van der Waals surface area contributed by atoms with Gasteiger partial charge in [-0.2, -0.15) is 5.10 Å². The van der Waals surface area contributed by atoms with Crippen LogP contribution in [0.5, 0.6) is 0 Å². The SMILES string of the molecule is CNCC1CCCN(C(=O)c2cnn(-c3ccc(Br)cc3)c2)C1.Cl. The number of rotatable bonds is 4. The average molecular weight is 414 g/mol. The third-order valence-corrected chi connectivity index (χ3v) is 4.75. The minimum atomic E-state index is 0. The average Bonchev–Trinajstić information content (AvgIpc) is 3.05. The van der Waals surface area contributed by atoms with Crippen molar-refractivity contribution < 1.29 is 4.79 Å². The fourth-order valence-corrected chi connectivity index (χ4v) is 3.32. The Hall–Kier alpha value is -1.37. The molecule has 1 fully saturated rings. The van der Waals surface area contributed by atoms with Gasteiger partial charge < -0.3 is 10.2 Å². The fraction of sp³-hybridized carbons (Fsp3) is 0.412. The minimum Gasteiger partial charge on any atom is -0.338 e. The standard InChI is InChI=1S/C17H21BrN4O.ClH/c1-19-9-13-3-2-8-21(11-13)17(23)14-10-20-22(12-14)16-6-4-15(18)5-7-16;/h4-7,10,12-13,19H,2-3,8-9,11H2,1H3;1H. The summed E-state index contributed by atoms with van der Waals surface area (Å²) in [7, 11) is 1.96. The number of aromatic nitrogens is 2. The lowest BCUT2D eigenvalue weighted by Crippen LogP contribution is -2.42. The van der Waals surface area contributed by atoms with E-state index in [4.69, 9.17) is 0 Å². The summed E-state index contributed by atoms with van der Waals surface area (Å²) in [6.45, 7) is 2.62. The van der Waals surface area contributed by atoms with Crippen LogP contribution in [0, 0.1) is 5.92 Å². The molecule has 7 heteroatoms. The minimum absolute atomic E-state index is 0. The van der Waals surface area contributed by atoms with Gasteiger partial charge in [-0.15, -0.1) is 12.4 Å². The number of hydrogen-bond acceptors (Lipinski definition) is 3. The molecule has 2 heterocycles. The summed E-state index contributed by atoms with van der Waals surface area (Å²) in [4.78, 5) is 14.6. The zero-order valence-corrected chi connectivity index (χ0v) is 16.0. The first kappa shape index (κ1) is 19.0. The van der Waals surface area contributed by atoms with E-state index in [1.165, 1.54) is 6.42 Å². The van der Waals surface area contributed by atoms with Crippen LogP contribution >= 0.6 is 28.3 Å². The third-order valence-electron chi connectivity index (χ3n) is 4.22. The number of carbonyl (C=O) groups excluding carboxylic acids is 1. The zero-order chi connectivity index (χ0) is 16.2. The van der Waals surface area contributed by atoms with E-state index in [0.29, 0.717) is 11.5 Å². The van der Waals surface area contributed by atoms with Gasteiger partial charge in [0.1, 0.15) is 0 Å². The molecule has 1 atom stereocenters. The molecule has 2 aromatic rings. The monoisotopic (exact) mass is 412 g/mol. The Bertz CT molecular complexity index is 671. The van der Waals surface area contributed by atoms with Gasteiger partial charge in [0.15, 0.2) is 0 Å². The molecule has 1 aromatic carbocycles. The Morgan fingerprint density at radius 1 is 1.38 bits per heavy atom. The molecule has 0 spiro atoms. The number of nitrogens with one attached hydrogen (secondary N) is 1. The topological polar surface area (TPSA) is 50.2 Å². The van der Waals surface area contributed by atoms with Crippen LogP contribution in [0.4, 0.5) is 0 Å². The molecule has 1 aromatic heterocycles. The smallest absolute Gasteiger partial charge is 0.257 e. The van der Waals surface area contributed by atoms with Crippen molar-refractivity contribution in [1.29, 1.82) is 0 Å². The number of likely N-dealkylation sites (tertiary alicyclic amines) is 1. The maximum absolute atomic E-state index is 12.7. The van der Waals surface area contributed by atoms with Crippen molar-refractivity contribution in [1.82, 2.24) is 20.0 Å². The van der Waals surface area contributed by atoms with Crippen molar-refractivity contribution >= 4 is 34.2 Å². The van der Waals surface area contributed by atoms with Crippen LogP contribution in [0.25, 0.3) is 5.69 Å². The summed E-state index contributed by atoms with van der Waals surface area (Å²) in [5.74, 6) is 0.619. The maximum Gasteiger partial charge on any atom is 0.257 e. The van der Waals surface area contributed by atoms with E-state index in [2.05, 4.69) is 26.3 Å². The second-order valence-corrected chi connectivity index (χ2v) is 6.88. The molecular formula is C17H22BrClN4O. The van der Waals surface area contributed by atoms with Gasteiger partial charge in [-0.25, -0.2) is 4.68 Å². The van der Waals surface area contributed by atoms with Gasteiger partial charge in [0.25, 0.3) is 5.91 Å². The van der Waals surface area contributed by atoms with Crippen molar-refractivity contribution in [2.45, 2.75) is 12.8 Å². The normalized spacial score (nSPS) is 17.4. The molecule has 5 nitrogen and oxygen atoms in total. The molecule has 1 N–H and O–H groups in total. The molecule has 0 aliphatic carbocycles. The van der Waals surface area contributed by atoms with Crippen LogP contribution in [0.2, 0.25) is 0 Å². The Morgan fingerprint density at radius 3 is 2.83 bits per heavy atom. The van der Waals surface area contributed by atoms with Crippen molar-refractivity contribution in [2.75, 3.05) is 26.7 Å². The van der Waals surface area contributed by atoms with E-state index in [1.54, 1.807) is 10.9 Å². The molecule has 24 heavy (non-hydrogen) atoms. The van der Waals surface area contributed by atoms with Gasteiger partial charge in [-0.3, -0.25) is 4.79 Å². The Morgan fingerprint density at radius 2 is 2.12 bits per heavy atom. The van der Waals surface area contributed by atoms with E-state index in [1.807, 2.05) is 42.4 Å². The highest BCUT2D eigenvalue weighted by atomic mass is 79.9. The molecule has 1 aliphatic rings. The second-order valence-electron chi connectivity index (χ2n) is 5.97. The molecule has 0 saturated carbocycles. The first-order chi connectivity index (χ1) is 11.2. The van der Waals surface area contributed by atoms with Crippen LogP contribution in [-0.2, 0) is 0 Å². The number of amides is 1. The summed E-state index contributed by atoms with van der Waals surface area (Å²) in [5.41, 5.74) is 1.59. The predicted octanol–water partition coefficient (Wildman–Crippen LogP) is 3.13. The lowest BCUT2D eigenvalue weighted by molar-refractivity contribution is 0.0674. The summed E-state index contributed by atoms with van der Waals surface area (Å²) >= 11 is 3.42. The number of hydrogen-bond donors (Lipinski definition) is 1. The predicted molar refractivity (Wildman–Crippen MR) is 101 cm³/mol. The number of nitrogens with zero attached hydrogens (tertiary/aromatic N) is 3. The molecule has 1 amide bonds. The molecular weight excluding hydrogens is 392 g/mol. The van der Waals surface area contributed by atoms with E-state index in [-0.39, 0.29) is 18.3 Å². The van der Waals surface area contributed by atoms with Gasteiger partial charge in [0.05, 0.1) is 17.4 Å². The Labute approximate surface area is 157 Å². The third kappa shape index (κ3) is 4.37. The summed E-state index contributed by atoms with van der Waals surface area (Å²) in [6, 6.07) is 7.86. The van der Waals surface area contributed by atoms with Crippen LogP contribution in [0.15, 0.2) is 41.1 Å². The molecule has 130 valence electrons. The van der Waals surface area contributed by atoms with E-state index in [0.717, 1.165) is 36.2 Å². The molecule has 3 rings (SSSR count). The lowest BCUT2D eigenvalue weighted by atomic mass is 9.97. The zero-order valence-electron chi connectivity index (χ0n) is 13.6. The van der Waals surface area contributed by atoms with E-state index in [9.17, 15) is 4.79 Å². The highest BCUT2D eigenvalue weighted by Gasteiger charge is 2.24. The number of piperidine rings is 1. The van der Waals surface area contributed by atoms with Gasteiger partial charge in [-0.1, -0.05) is 15.9 Å². The molecule has 0 radical (unpaired) electrons. The first-order valence-electron chi connectivity index (χ1n) is 7.92. The van der Waals surface area contributed by atoms with Gasteiger partial charge in [0.2, 0.25) is 0 Å². The van der Waals surface area contributed by atoms with Crippen molar-refractivity contribution in [3.05, 3.63) is 46.7 Å². The number of halogens is 2. The number of benzene rings is 1. The molecule has 1 aliphatic heterocycles. The van der Waals surface area contributed by atoms with Crippen LogP contribution < -0.4 is 5.32 Å². The first-order valence-corrected chi connectivity index (χ1v) is 8.71. The lowest BCUT2D eigenvalue weighted by Gasteiger charge is -2.32. The van der Waals surface area contributed by atoms with Crippen LogP contribution in [0.3, 0.4) is 0 Å². The van der Waals surface area contributed by atoms with Crippen molar-refractivity contribution in [3.8, 4) is 5.69 Å². The fourth-order valence-electron chi connectivity index (χ4n) is 3.06. The largest absolute Gasteiger partial charge is 0.338 e. The van der Waals surface area contributed by atoms with Crippen LogP contribution in [-0.4, -0.2) is 47.3 Å². The molecule has 1 saturated heterocycles. The van der Waals surface area contributed by atoms with E-state index >= 15 is 0 Å². The highest BCUT2D eigenvalue weighted by Crippen LogP contribution is 2.19. The van der Waals surface area contributed by atoms with Gasteiger partial charge in [0, 0.05) is 23.8 Å². The van der Waals surface area contributed by atoms with Crippen LogP contribution in [0.1, 0.15) is 23.2 Å². The second kappa shape index (κ2) is 8.65. The summed E-state index contributed by atoms with van der Waals surface area (Å²) in [5, 5.41) is 7.54. The number of carbonyl (C=O) groups is 1.